The van der Waals surface area contributed by atoms with Crippen LogP contribution < -0.4 is 0 Å². The van der Waals surface area contributed by atoms with Crippen molar-refractivity contribution < 1.29 is 18.0 Å². The summed E-state index contributed by atoms with van der Waals surface area (Å²) in [5, 5.41) is 7.31. The fourth-order valence-electron chi connectivity index (χ4n) is 1.57. The van der Waals surface area contributed by atoms with E-state index in [0.717, 1.165) is 12.1 Å². The predicted octanol–water partition coefficient (Wildman–Crippen LogP) is 2.55. The van der Waals surface area contributed by atoms with Gasteiger partial charge in [-0.2, -0.15) is 13.2 Å². The molecular weight excluding hydrogens is 259 g/mol. The van der Waals surface area contributed by atoms with Crippen molar-refractivity contribution in [3.8, 4) is 0 Å². The Kier molecular flexibility index (Phi) is 3.37. The van der Waals surface area contributed by atoms with E-state index in [1.54, 1.807) is 6.07 Å². The molecule has 2 rings (SSSR count). The number of hydrogen-bond donors (Lipinski definition) is 0. The number of halogens is 3. The number of Topliss-reactive ketones (excluding diaryl/α,β-unsaturated/α-hetero) is 1. The molecule has 0 aliphatic rings. The molecular formula is C12H10F3N3O. The standard InChI is InChI=1S/C12H10F3N3O/c1-8(19)11-7-18(17-16-11)6-9-3-2-4-10(5-9)12(13,14)15/h2-5,7H,6H2,1H3. The molecule has 7 heteroatoms. The third-order valence-corrected chi connectivity index (χ3v) is 2.50. The zero-order valence-electron chi connectivity index (χ0n) is 9.98. The molecule has 0 amide bonds. The summed E-state index contributed by atoms with van der Waals surface area (Å²) >= 11 is 0. The fourth-order valence-corrected chi connectivity index (χ4v) is 1.57. The van der Waals surface area contributed by atoms with E-state index in [-0.39, 0.29) is 18.0 Å². The summed E-state index contributed by atoms with van der Waals surface area (Å²) in [6, 6.07) is 4.95. The summed E-state index contributed by atoms with van der Waals surface area (Å²) in [7, 11) is 0. The molecule has 1 heterocycles. The van der Waals surface area contributed by atoms with Gasteiger partial charge in [-0.3, -0.25) is 4.79 Å². The van der Waals surface area contributed by atoms with Crippen molar-refractivity contribution >= 4 is 5.78 Å². The van der Waals surface area contributed by atoms with Crippen LogP contribution in [0.4, 0.5) is 13.2 Å². The molecule has 1 aromatic carbocycles. The van der Waals surface area contributed by atoms with Gasteiger partial charge >= 0.3 is 6.18 Å². The average Bonchev–Trinajstić information content (AvgIpc) is 2.77. The first kappa shape index (κ1) is 13.3. The summed E-state index contributed by atoms with van der Waals surface area (Å²) in [5.41, 5.74) is -0.0845. The lowest BCUT2D eigenvalue weighted by Gasteiger charge is -2.08. The Morgan fingerprint density at radius 2 is 2.11 bits per heavy atom. The van der Waals surface area contributed by atoms with Gasteiger partial charge in [0.15, 0.2) is 5.78 Å². The molecule has 0 fully saturated rings. The van der Waals surface area contributed by atoms with Crippen LogP contribution in [0.3, 0.4) is 0 Å². The van der Waals surface area contributed by atoms with Crippen LogP contribution in [-0.2, 0) is 12.7 Å². The van der Waals surface area contributed by atoms with E-state index >= 15 is 0 Å². The zero-order chi connectivity index (χ0) is 14.0. The summed E-state index contributed by atoms with van der Waals surface area (Å²) in [4.78, 5) is 11.0. The number of benzene rings is 1. The number of nitrogens with zero attached hydrogens (tertiary/aromatic N) is 3. The van der Waals surface area contributed by atoms with Gasteiger partial charge in [-0.05, 0) is 17.7 Å². The lowest BCUT2D eigenvalue weighted by Crippen LogP contribution is -2.07. The number of alkyl halides is 3. The van der Waals surface area contributed by atoms with E-state index in [2.05, 4.69) is 10.3 Å². The zero-order valence-corrected chi connectivity index (χ0v) is 9.98. The monoisotopic (exact) mass is 269 g/mol. The van der Waals surface area contributed by atoms with Gasteiger partial charge in [-0.1, -0.05) is 17.3 Å². The Morgan fingerprint density at radius 1 is 1.37 bits per heavy atom. The van der Waals surface area contributed by atoms with E-state index in [1.807, 2.05) is 0 Å². The van der Waals surface area contributed by atoms with Gasteiger partial charge in [-0.15, -0.1) is 5.10 Å². The molecule has 100 valence electrons. The Hall–Kier alpha value is -2.18. The third-order valence-electron chi connectivity index (χ3n) is 2.50. The van der Waals surface area contributed by atoms with Crippen LogP contribution in [0.5, 0.6) is 0 Å². The molecule has 0 bridgehead atoms. The average molecular weight is 269 g/mol. The molecule has 1 aromatic heterocycles. The van der Waals surface area contributed by atoms with Crippen molar-refractivity contribution in [3.05, 3.63) is 47.3 Å². The summed E-state index contributed by atoms with van der Waals surface area (Å²) in [5.74, 6) is -0.240. The number of rotatable bonds is 3. The minimum atomic E-state index is -4.37. The van der Waals surface area contributed by atoms with Crippen molar-refractivity contribution in [3.63, 3.8) is 0 Å². The van der Waals surface area contributed by atoms with Crippen LogP contribution in [0.25, 0.3) is 0 Å². The normalized spacial score (nSPS) is 11.6. The van der Waals surface area contributed by atoms with Gasteiger partial charge in [0.05, 0.1) is 18.3 Å². The van der Waals surface area contributed by atoms with E-state index < -0.39 is 11.7 Å². The van der Waals surface area contributed by atoms with E-state index in [0.29, 0.717) is 5.56 Å². The lowest BCUT2D eigenvalue weighted by molar-refractivity contribution is -0.137. The highest BCUT2D eigenvalue weighted by Crippen LogP contribution is 2.29. The van der Waals surface area contributed by atoms with Gasteiger partial charge < -0.3 is 0 Å². The van der Waals surface area contributed by atoms with Crippen molar-refractivity contribution in [2.45, 2.75) is 19.6 Å². The van der Waals surface area contributed by atoms with E-state index in [9.17, 15) is 18.0 Å². The third kappa shape index (κ3) is 3.18. The quantitative estimate of drug-likeness (QED) is 0.804. The summed E-state index contributed by atoms with van der Waals surface area (Å²) in [6.45, 7) is 1.48. The largest absolute Gasteiger partial charge is 0.416 e. The molecule has 0 spiro atoms. The second-order valence-corrected chi connectivity index (χ2v) is 4.06. The molecule has 0 aliphatic carbocycles. The second-order valence-electron chi connectivity index (χ2n) is 4.06. The van der Waals surface area contributed by atoms with E-state index in [4.69, 9.17) is 0 Å². The minimum absolute atomic E-state index is 0.129. The molecule has 0 unspecified atom stereocenters. The van der Waals surface area contributed by atoms with Gasteiger partial charge in [0.1, 0.15) is 5.69 Å². The smallest absolute Gasteiger partial charge is 0.293 e. The molecule has 0 aliphatic heterocycles. The lowest BCUT2D eigenvalue weighted by atomic mass is 10.1. The Balaban J connectivity index is 2.21. The highest BCUT2D eigenvalue weighted by Gasteiger charge is 2.30. The topological polar surface area (TPSA) is 47.8 Å². The Morgan fingerprint density at radius 3 is 2.68 bits per heavy atom. The number of hydrogen-bond acceptors (Lipinski definition) is 3. The molecule has 0 radical (unpaired) electrons. The highest BCUT2D eigenvalue weighted by molar-refractivity contribution is 5.91. The summed E-state index contributed by atoms with van der Waals surface area (Å²) < 4.78 is 38.9. The van der Waals surface area contributed by atoms with Crippen LogP contribution in [0.2, 0.25) is 0 Å². The maximum atomic E-state index is 12.5. The predicted molar refractivity (Wildman–Crippen MR) is 60.6 cm³/mol. The Labute approximate surface area is 106 Å². The van der Waals surface area contributed by atoms with Crippen LogP contribution in [-0.4, -0.2) is 20.8 Å². The molecule has 4 nitrogen and oxygen atoms in total. The molecule has 0 saturated heterocycles. The van der Waals surface area contributed by atoms with Crippen molar-refractivity contribution in [2.75, 3.05) is 0 Å². The maximum Gasteiger partial charge on any atom is 0.416 e. The molecule has 0 N–H and O–H groups in total. The second kappa shape index (κ2) is 4.83. The number of ketones is 1. The van der Waals surface area contributed by atoms with Gasteiger partial charge in [0, 0.05) is 6.92 Å². The number of aromatic nitrogens is 3. The maximum absolute atomic E-state index is 12.5. The molecule has 19 heavy (non-hydrogen) atoms. The molecule has 0 saturated carbocycles. The summed E-state index contributed by atoms with van der Waals surface area (Å²) in [6.07, 6.45) is -2.97. The van der Waals surface area contributed by atoms with Crippen molar-refractivity contribution in [2.24, 2.45) is 0 Å². The van der Waals surface area contributed by atoms with Gasteiger partial charge in [-0.25, -0.2) is 4.68 Å². The van der Waals surface area contributed by atoms with Crippen LogP contribution in [0.15, 0.2) is 30.5 Å². The van der Waals surface area contributed by atoms with Gasteiger partial charge in [0.25, 0.3) is 0 Å². The minimum Gasteiger partial charge on any atom is -0.293 e. The van der Waals surface area contributed by atoms with Gasteiger partial charge in [0.2, 0.25) is 0 Å². The van der Waals surface area contributed by atoms with Crippen LogP contribution in [0.1, 0.15) is 28.5 Å². The Bertz CT molecular complexity index is 604. The van der Waals surface area contributed by atoms with Crippen molar-refractivity contribution in [1.82, 2.24) is 15.0 Å². The SMILES string of the molecule is CC(=O)c1cn(Cc2cccc(C(F)(F)F)c2)nn1. The number of carbonyl (C=O) groups is 1. The number of carbonyl (C=O) groups excluding carboxylic acids is 1. The first-order valence-electron chi connectivity index (χ1n) is 5.43. The fraction of sp³-hybridized carbons (Fsp3) is 0.250. The van der Waals surface area contributed by atoms with Crippen LogP contribution in [0, 0.1) is 0 Å². The highest BCUT2D eigenvalue weighted by atomic mass is 19.4. The van der Waals surface area contributed by atoms with Crippen molar-refractivity contribution in [1.29, 1.82) is 0 Å². The molecule has 2 aromatic rings. The molecule has 0 atom stereocenters. The van der Waals surface area contributed by atoms with Crippen LogP contribution >= 0.6 is 0 Å². The first-order valence-corrected chi connectivity index (χ1v) is 5.43. The van der Waals surface area contributed by atoms with E-state index in [1.165, 1.54) is 23.9 Å². The first-order chi connectivity index (χ1) is 8.86.